The fourth-order valence-corrected chi connectivity index (χ4v) is 9.20. The molecule has 5 rings (SSSR count). The summed E-state index contributed by atoms with van der Waals surface area (Å²) in [5.74, 6) is -2.18. The molecule has 2 saturated heterocycles. The van der Waals surface area contributed by atoms with Crippen molar-refractivity contribution >= 4 is 66.0 Å². The molecule has 29 heteroatoms. The van der Waals surface area contributed by atoms with E-state index < -0.39 is 105 Å². The molecule has 1 aromatic carbocycles. The SMILES string of the molecule is Nc1nc2c(ncn2C2OC(COP(=O)([O-])OP(=O)([O-])OC3OC(CSSc4ccc([N+](=O)[O-])c(C(=O)O)c4)C(O)C(O)C3O)C(O)C2O)c(=O)[nH]1. The lowest BCUT2D eigenvalue weighted by Crippen LogP contribution is -2.58. The first-order valence-electron chi connectivity index (χ1n) is 14.2. The molecule has 52 heavy (non-hydrogen) atoms. The van der Waals surface area contributed by atoms with Gasteiger partial charge < -0.3 is 60.2 Å². The standard InChI is InChI=1S/C23H28N6O19P2S2/c24-23-26-18-12(19(35)27-23)25-6-28(18)20-16(33)13(30)10(45-20)4-44-49(40,41)48-50(42,43)47-22-17(34)15(32)14(31)11(46-22)5-51-52-7-1-2-9(29(38)39)8(3-7)21(36)37/h1-3,6,10-11,13-17,20,22,30-34H,4-5H2,(H,36,37)(H,40,41)(H,42,43)(H3,24,26,27,35)/p-2. The molecule has 11 atom stereocenters. The first-order valence-corrected chi connectivity index (χ1v) is 19.4. The van der Waals surface area contributed by atoms with Gasteiger partial charge in [0, 0.05) is 16.7 Å². The molecule has 286 valence electrons. The van der Waals surface area contributed by atoms with Crippen molar-refractivity contribution in [3.63, 3.8) is 0 Å². The second kappa shape index (κ2) is 15.7. The number of carbonyl (C=O) groups is 1. The van der Waals surface area contributed by atoms with Gasteiger partial charge in [0.05, 0.1) is 24.0 Å². The van der Waals surface area contributed by atoms with E-state index in [2.05, 4.69) is 28.3 Å². The number of nitrogens with zero attached hydrogens (tertiary/aromatic N) is 4. The number of hydrogen-bond donors (Lipinski definition) is 8. The Labute approximate surface area is 296 Å². The number of aliphatic hydroxyl groups is 5. The molecule has 0 amide bonds. The first kappa shape index (κ1) is 40.1. The summed E-state index contributed by atoms with van der Waals surface area (Å²) < 4.78 is 49.7. The van der Waals surface area contributed by atoms with Crippen LogP contribution >= 0.6 is 37.2 Å². The molecular formula is C23H26N6O19P2S2-2. The highest BCUT2D eigenvalue weighted by Gasteiger charge is 2.47. The molecule has 0 aliphatic carbocycles. The number of H-pyrrole nitrogens is 1. The number of rotatable bonds is 14. The van der Waals surface area contributed by atoms with Crippen molar-refractivity contribution in [1.82, 2.24) is 19.5 Å². The van der Waals surface area contributed by atoms with Crippen molar-refractivity contribution in [3.8, 4) is 0 Å². The van der Waals surface area contributed by atoms with Gasteiger partial charge in [0.2, 0.25) is 5.95 Å². The molecule has 0 bridgehead atoms. The molecule has 0 radical (unpaired) electrons. The Balaban J connectivity index is 1.17. The van der Waals surface area contributed by atoms with E-state index in [1.807, 2.05) is 0 Å². The predicted octanol–water partition coefficient (Wildman–Crippen LogP) is -2.84. The van der Waals surface area contributed by atoms with Crippen LogP contribution in [-0.4, -0.2) is 122 Å². The minimum atomic E-state index is -6.04. The molecule has 2 fully saturated rings. The van der Waals surface area contributed by atoms with Crippen LogP contribution in [0.3, 0.4) is 0 Å². The normalized spacial score (nSPS) is 30.2. The molecular weight excluding hydrogens is 790 g/mol. The number of hydrogen-bond acceptors (Lipinski definition) is 23. The third-order valence-electron chi connectivity index (χ3n) is 7.34. The maximum Gasteiger partial charge on any atom is 0.342 e. The van der Waals surface area contributed by atoms with Crippen LogP contribution in [0.25, 0.3) is 11.2 Å². The number of nitrogens with one attached hydrogen (secondary N) is 1. The Morgan fingerprint density at radius 1 is 1.06 bits per heavy atom. The minimum absolute atomic E-state index is 0.162. The van der Waals surface area contributed by atoms with Crippen molar-refractivity contribution in [2.75, 3.05) is 18.1 Å². The smallest absolute Gasteiger partial charge is 0.342 e. The van der Waals surface area contributed by atoms with E-state index in [4.69, 9.17) is 15.2 Å². The Kier molecular flexibility index (Phi) is 12.1. The van der Waals surface area contributed by atoms with Crippen LogP contribution < -0.4 is 21.1 Å². The summed E-state index contributed by atoms with van der Waals surface area (Å²) in [6.45, 7) is -1.13. The molecule has 2 aliphatic rings. The van der Waals surface area contributed by atoms with E-state index >= 15 is 0 Å². The fourth-order valence-electron chi connectivity index (χ4n) is 4.89. The summed E-state index contributed by atoms with van der Waals surface area (Å²) in [7, 11) is -10.2. The van der Waals surface area contributed by atoms with Crippen molar-refractivity contribution in [1.29, 1.82) is 0 Å². The van der Waals surface area contributed by atoms with E-state index in [0.717, 1.165) is 44.6 Å². The number of aromatic nitrogens is 4. The number of phosphoric acid groups is 2. The number of aromatic carboxylic acids is 1. The maximum atomic E-state index is 12.5. The van der Waals surface area contributed by atoms with Crippen LogP contribution in [0.5, 0.6) is 0 Å². The number of fused-ring (bicyclic) bond motifs is 1. The van der Waals surface area contributed by atoms with Gasteiger partial charge in [-0.25, -0.2) is 14.1 Å². The third-order valence-corrected chi connectivity index (χ3v) is 12.2. The molecule has 11 unspecified atom stereocenters. The van der Waals surface area contributed by atoms with Crippen LogP contribution in [0.15, 0.2) is 34.2 Å². The number of nitro groups is 1. The lowest BCUT2D eigenvalue weighted by molar-refractivity contribution is -0.385. The Morgan fingerprint density at radius 3 is 2.42 bits per heavy atom. The Morgan fingerprint density at radius 2 is 1.75 bits per heavy atom. The largest absolute Gasteiger partial charge is 0.756 e. The summed E-state index contributed by atoms with van der Waals surface area (Å²) in [5.41, 5.74) is 3.16. The Bertz CT molecular complexity index is 1990. The molecule has 25 nitrogen and oxygen atoms in total. The van der Waals surface area contributed by atoms with Gasteiger partial charge in [-0.2, -0.15) is 4.98 Å². The Hall–Kier alpha value is -3.08. The van der Waals surface area contributed by atoms with Gasteiger partial charge in [0.25, 0.3) is 26.9 Å². The number of aliphatic hydroxyl groups excluding tert-OH is 5. The van der Waals surface area contributed by atoms with Gasteiger partial charge in [-0.3, -0.25) is 38.1 Å². The topological polar surface area (TPSA) is 398 Å². The number of benzene rings is 1. The van der Waals surface area contributed by atoms with Gasteiger partial charge >= 0.3 is 5.97 Å². The van der Waals surface area contributed by atoms with E-state index in [0.29, 0.717) is 0 Å². The van der Waals surface area contributed by atoms with Gasteiger partial charge in [0.1, 0.15) is 42.2 Å². The molecule has 0 saturated carbocycles. The van der Waals surface area contributed by atoms with Crippen molar-refractivity contribution < 1.29 is 82.1 Å². The highest BCUT2D eigenvalue weighted by molar-refractivity contribution is 8.76. The van der Waals surface area contributed by atoms with Crippen LogP contribution in [0, 0.1) is 10.1 Å². The number of carboxylic acids is 1. The van der Waals surface area contributed by atoms with E-state index in [9.17, 15) is 69.3 Å². The van der Waals surface area contributed by atoms with Crippen LogP contribution in [0.4, 0.5) is 11.6 Å². The first-order chi connectivity index (χ1) is 24.3. The molecule has 4 heterocycles. The lowest BCUT2D eigenvalue weighted by Gasteiger charge is -2.42. The second-order valence-corrected chi connectivity index (χ2v) is 16.1. The zero-order valence-corrected chi connectivity index (χ0v) is 28.9. The monoisotopic (exact) mass is 816 g/mol. The number of aromatic amines is 1. The molecule has 2 aliphatic heterocycles. The number of carboxylic acid groups (broad SMARTS) is 1. The van der Waals surface area contributed by atoms with E-state index in [-0.39, 0.29) is 27.8 Å². The van der Waals surface area contributed by atoms with Gasteiger partial charge in [0.15, 0.2) is 23.7 Å². The van der Waals surface area contributed by atoms with Crippen molar-refractivity contribution in [2.24, 2.45) is 0 Å². The van der Waals surface area contributed by atoms with E-state index in [1.165, 1.54) is 6.07 Å². The number of nitrogen functional groups attached to an aromatic ring is 1. The average molecular weight is 817 g/mol. The average Bonchev–Trinajstić information content (AvgIpc) is 3.60. The van der Waals surface area contributed by atoms with Crippen LogP contribution in [0.2, 0.25) is 0 Å². The van der Waals surface area contributed by atoms with Crippen molar-refractivity contribution in [2.45, 2.75) is 60.1 Å². The summed E-state index contributed by atoms with van der Waals surface area (Å²) in [4.78, 5) is 68.7. The van der Waals surface area contributed by atoms with Crippen LogP contribution in [-0.2, 0) is 32.0 Å². The zero-order chi connectivity index (χ0) is 38.3. The van der Waals surface area contributed by atoms with Gasteiger partial charge in [-0.05, 0) is 12.1 Å². The highest BCUT2D eigenvalue weighted by atomic mass is 33.1. The zero-order valence-electron chi connectivity index (χ0n) is 25.5. The molecule has 2 aromatic heterocycles. The number of nitro benzene ring substituents is 1. The lowest BCUT2D eigenvalue weighted by atomic mass is 10.0. The molecule has 9 N–H and O–H groups in total. The third kappa shape index (κ3) is 8.82. The second-order valence-electron chi connectivity index (χ2n) is 10.8. The minimum Gasteiger partial charge on any atom is -0.756 e. The summed E-state index contributed by atoms with van der Waals surface area (Å²) >= 11 is 0. The highest BCUT2D eigenvalue weighted by Crippen LogP contribution is 2.57. The van der Waals surface area contributed by atoms with Gasteiger partial charge in [-0.1, -0.05) is 21.6 Å². The quantitative estimate of drug-likeness (QED) is 0.0351. The summed E-state index contributed by atoms with van der Waals surface area (Å²) in [6, 6.07) is 3.20. The van der Waals surface area contributed by atoms with Gasteiger partial charge in [-0.15, -0.1) is 0 Å². The molecule has 0 spiro atoms. The van der Waals surface area contributed by atoms with Crippen LogP contribution in [0.1, 0.15) is 16.6 Å². The number of imidazole rings is 1. The maximum absolute atomic E-state index is 12.5. The number of phosphoric ester groups is 2. The fraction of sp³-hybridized carbons (Fsp3) is 0.478. The van der Waals surface area contributed by atoms with E-state index in [1.54, 1.807) is 0 Å². The predicted molar refractivity (Wildman–Crippen MR) is 167 cm³/mol. The summed E-state index contributed by atoms with van der Waals surface area (Å²) in [6.07, 6.45) is -15.8. The summed E-state index contributed by atoms with van der Waals surface area (Å²) in [5, 5.41) is 72.1. The number of anilines is 1. The molecule has 3 aromatic rings. The number of nitrogens with two attached hydrogens (primary N) is 1. The van der Waals surface area contributed by atoms with Crippen molar-refractivity contribution in [3.05, 3.63) is 50.6 Å². The number of ether oxygens (including phenoxy) is 2.